The van der Waals surface area contributed by atoms with Gasteiger partial charge >= 0.3 is 0 Å². The smallest absolute Gasteiger partial charge is 0.254 e. The average Bonchev–Trinajstić information content (AvgIpc) is 3.28. The van der Waals surface area contributed by atoms with Gasteiger partial charge in [-0.3, -0.25) is 9.59 Å². The normalized spacial score (nSPS) is 15.5. The first kappa shape index (κ1) is 16.5. The molecule has 5 nitrogen and oxygen atoms in total. The molecule has 1 aromatic carbocycles. The summed E-state index contributed by atoms with van der Waals surface area (Å²) in [6.45, 7) is 5.78. The third-order valence-corrected chi connectivity index (χ3v) is 3.67. The van der Waals surface area contributed by atoms with Crippen molar-refractivity contribution >= 4 is 17.5 Å². The zero-order valence-corrected chi connectivity index (χ0v) is 13.4. The van der Waals surface area contributed by atoms with Crippen molar-refractivity contribution in [2.24, 2.45) is 5.92 Å². The number of aliphatic hydroxyl groups excluding tert-OH is 1. The molecule has 1 aliphatic rings. The van der Waals surface area contributed by atoms with E-state index >= 15 is 0 Å². The minimum Gasteiger partial charge on any atom is -0.392 e. The van der Waals surface area contributed by atoms with Gasteiger partial charge in [-0.1, -0.05) is 6.07 Å². The molecule has 1 aromatic rings. The van der Waals surface area contributed by atoms with Gasteiger partial charge in [0.25, 0.3) is 5.91 Å². The van der Waals surface area contributed by atoms with E-state index in [1.54, 1.807) is 36.1 Å². The molecule has 2 amide bonds. The minimum absolute atomic E-state index is 0.00758. The van der Waals surface area contributed by atoms with Crippen LogP contribution >= 0.6 is 0 Å². The molecule has 1 unspecified atom stereocenters. The monoisotopic (exact) mass is 304 g/mol. The lowest BCUT2D eigenvalue weighted by Gasteiger charge is -2.28. The average molecular weight is 304 g/mol. The van der Waals surface area contributed by atoms with Gasteiger partial charge in [-0.05, 0) is 51.8 Å². The highest BCUT2D eigenvalue weighted by Crippen LogP contribution is 2.30. The van der Waals surface area contributed by atoms with Crippen LogP contribution in [0, 0.1) is 5.92 Å². The van der Waals surface area contributed by atoms with E-state index in [2.05, 4.69) is 5.32 Å². The fourth-order valence-corrected chi connectivity index (χ4v) is 2.30. The van der Waals surface area contributed by atoms with Crippen LogP contribution in [-0.4, -0.2) is 40.5 Å². The predicted octanol–water partition coefficient (Wildman–Crippen LogP) is 2.27. The maximum Gasteiger partial charge on any atom is 0.254 e. The molecule has 0 heterocycles. The number of rotatable bonds is 6. The molecule has 1 fully saturated rings. The fourth-order valence-electron chi connectivity index (χ4n) is 2.30. The zero-order chi connectivity index (χ0) is 16.3. The second-order valence-corrected chi connectivity index (χ2v) is 6.24. The van der Waals surface area contributed by atoms with E-state index in [1.165, 1.54) is 0 Å². The topological polar surface area (TPSA) is 69.6 Å². The molecule has 0 aromatic heterocycles. The fraction of sp³-hybridized carbons (Fsp3) is 0.529. The SMILES string of the molecule is CC(O)CN(C(=O)c1cccc(NC(=O)C2CC2)c1)C(C)C. The number of carbonyl (C=O) groups is 2. The first-order chi connectivity index (χ1) is 10.4. The molecule has 1 atom stereocenters. The molecule has 0 bridgehead atoms. The van der Waals surface area contributed by atoms with Crippen LogP contribution in [0.5, 0.6) is 0 Å². The Morgan fingerprint density at radius 3 is 2.55 bits per heavy atom. The third kappa shape index (κ3) is 4.31. The molecule has 1 saturated carbocycles. The van der Waals surface area contributed by atoms with Gasteiger partial charge in [0, 0.05) is 29.8 Å². The number of nitrogens with one attached hydrogen (secondary N) is 1. The van der Waals surface area contributed by atoms with Gasteiger partial charge in [0.1, 0.15) is 0 Å². The summed E-state index contributed by atoms with van der Waals surface area (Å²) in [5.74, 6) is 0.00877. The van der Waals surface area contributed by atoms with Crippen molar-refractivity contribution in [3.05, 3.63) is 29.8 Å². The summed E-state index contributed by atoms with van der Waals surface area (Å²) in [5.41, 5.74) is 1.16. The lowest BCUT2D eigenvalue weighted by molar-refractivity contribution is -0.117. The van der Waals surface area contributed by atoms with Crippen LogP contribution in [0.3, 0.4) is 0 Å². The summed E-state index contributed by atoms with van der Waals surface area (Å²) in [6, 6.07) is 6.96. The molecular formula is C17H24N2O3. The molecule has 1 aliphatic carbocycles. The lowest BCUT2D eigenvalue weighted by Crippen LogP contribution is -2.41. The Bertz CT molecular complexity index is 551. The van der Waals surface area contributed by atoms with Crippen LogP contribution in [0.4, 0.5) is 5.69 Å². The van der Waals surface area contributed by atoms with Crippen LogP contribution in [0.2, 0.25) is 0 Å². The zero-order valence-electron chi connectivity index (χ0n) is 13.4. The first-order valence-corrected chi connectivity index (χ1v) is 7.78. The number of aliphatic hydroxyl groups is 1. The summed E-state index contributed by atoms with van der Waals surface area (Å²) in [5, 5.41) is 12.4. The number of nitrogens with zero attached hydrogens (tertiary/aromatic N) is 1. The van der Waals surface area contributed by atoms with Crippen LogP contribution < -0.4 is 5.32 Å². The molecular weight excluding hydrogens is 280 g/mol. The predicted molar refractivity (Wildman–Crippen MR) is 85.6 cm³/mol. The van der Waals surface area contributed by atoms with Crippen LogP contribution in [0.15, 0.2) is 24.3 Å². The van der Waals surface area contributed by atoms with E-state index in [4.69, 9.17) is 0 Å². The highest BCUT2D eigenvalue weighted by molar-refractivity contribution is 5.98. The minimum atomic E-state index is -0.580. The Labute approximate surface area is 131 Å². The standard InChI is InChI=1S/C17H24N2O3/c1-11(2)19(10-12(3)20)17(22)14-5-4-6-15(9-14)18-16(21)13-7-8-13/h4-6,9,11-13,20H,7-8,10H2,1-3H3,(H,18,21). The number of carbonyl (C=O) groups excluding carboxylic acids is 2. The quantitative estimate of drug-likeness (QED) is 0.847. The van der Waals surface area contributed by atoms with Crippen molar-refractivity contribution in [3.8, 4) is 0 Å². The van der Waals surface area contributed by atoms with Gasteiger partial charge in [-0.15, -0.1) is 0 Å². The van der Waals surface area contributed by atoms with E-state index in [0.29, 0.717) is 11.3 Å². The van der Waals surface area contributed by atoms with Crippen molar-refractivity contribution in [3.63, 3.8) is 0 Å². The van der Waals surface area contributed by atoms with E-state index in [0.717, 1.165) is 12.8 Å². The summed E-state index contributed by atoms with van der Waals surface area (Å²) in [4.78, 5) is 26.0. The Balaban J connectivity index is 2.12. The molecule has 0 saturated heterocycles. The van der Waals surface area contributed by atoms with Crippen molar-refractivity contribution in [1.29, 1.82) is 0 Å². The van der Waals surface area contributed by atoms with Crippen molar-refractivity contribution in [1.82, 2.24) is 4.90 Å². The highest BCUT2D eigenvalue weighted by atomic mass is 16.3. The largest absolute Gasteiger partial charge is 0.392 e. The summed E-state index contributed by atoms with van der Waals surface area (Å²) in [6.07, 6.45) is 1.31. The summed E-state index contributed by atoms with van der Waals surface area (Å²) in [7, 11) is 0. The maximum atomic E-state index is 12.6. The number of hydrogen-bond donors (Lipinski definition) is 2. The number of benzene rings is 1. The number of anilines is 1. The van der Waals surface area contributed by atoms with Gasteiger partial charge in [0.2, 0.25) is 5.91 Å². The Morgan fingerprint density at radius 1 is 1.32 bits per heavy atom. The molecule has 0 radical (unpaired) electrons. The molecule has 22 heavy (non-hydrogen) atoms. The van der Waals surface area contributed by atoms with Gasteiger partial charge < -0.3 is 15.3 Å². The van der Waals surface area contributed by atoms with Crippen LogP contribution in [-0.2, 0) is 4.79 Å². The van der Waals surface area contributed by atoms with Crippen molar-refractivity contribution in [2.75, 3.05) is 11.9 Å². The van der Waals surface area contributed by atoms with Crippen molar-refractivity contribution < 1.29 is 14.7 Å². The molecule has 120 valence electrons. The van der Waals surface area contributed by atoms with E-state index in [1.807, 2.05) is 13.8 Å². The highest BCUT2D eigenvalue weighted by Gasteiger charge is 2.29. The molecule has 0 aliphatic heterocycles. The Kier molecular flexibility index (Phi) is 5.19. The van der Waals surface area contributed by atoms with Gasteiger partial charge in [0.15, 0.2) is 0 Å². The number of hydrogen-bond acceptors (Lipinski definition) is 3. The second kappa shape index (κ2) is 6.92. The van der Waals surface area contributed by atoms with E-state index in [-0.39, 0.29) is 30.3 Å². The maximum absolute atomic E-state index is 12.6. The number of amides is 2. The van der Waals surface area contributed by atoms with Gasteiger partial charge in [-0.2, -0.15) is 0 Å². The third-order valence-electron chi connectivity index (χ3n) is 3.67. The molecule has 0 spiro atoms. The van der Waals surface area contributed by atoms with Gasteiger partial charge in [0.05, 0.1) is 6.10 Å². The summed E-state index contributed by atoms with van der Waals surface area (Å²) < 4.78 is 0. The van der Waals surface area contributed by atoms with Gasteiger partial charge in [-0.25, -0.2) is 0 Å². The summed E-state index contributed by atoms with van der Waals surface area (Å²) >= 11 is 0. The molecule has 2 rings (SSSR count). The van der Waals surface area contributed by atoms with E-state index < -0.39 is 6.10 Å². The Hall–Kier alpha value is -1.88. The molecule has 5 heteroatoms. The van der Waals surface area contributed by atoms with Crippen LogP contribution in [0.25, 0.3) is 0 Å². The Morgan fingerprint density at radius 2 is 2.00 bits per heavy atom. The van der Waals surface area contributed by atoms with Crippen LogP contribution in [0.1, 0.15) is 44.0 Å². The molecule has 2 N–H and O–H groups in total. The first-order valence-electron chi connectivity index (χ1n) is 7.78. The lowest BCUT2D eigenvalue weighted by atomic mass is 10.1. The second-order valence-electron chi connectivity index (χ2n) is 6.24. The van der Waals surface area contributed by atoms with E-state index in [9.17, 15) is 14.7 Å². The van der Waals surface area contributed by atoms with Crippen molar-refractivity contribution in [2.45, 2.75) is 45.8 Å².